The molecule has 0 saturated carbocycles. The quantitative estimate of drug-likeness (QED) is 0.676. The average Bonchev–Trinajstić information content (AvgIpc) is 3.38. The molecule has 1 aliphatic rings. The van der Waals surface area contributed by atoms with E-state index in [1.807, 2.05) is 30.3 Å². The van der Waals surface area contributed by atoms with E-state index in [1.54, 1.807) is 6.92 Å². The number of oxazole rings is 1. The molecule has 0 fully saturated rings. The van der Waals surface area contributed by atoms with Gasteiger partial charge in [-0.15, -0.1) is 11.3 Å². The number of nitrogens with one attached hydrogen (secondary N) is 1. The highest BCUT2D eigenvalue weighted by molar-refractivity contribution is 7.16. The van der Waals surface area contributed by atoms with E-state index in [2.05, 4.69) is 15.3 Å². The fourth-order valence-electron chi connectivity index (χ4n) is 3.02. The number of thiazole rings is 1. The van der Waals surface area contributed by atoms with Crippen LogP contribution in [0.1, 0.15) is 40.5 Å². The number of nitrogens with zero attached hydrogens (tertiary/aromatic N) is 2. The molecule has 0 aliphatic heterocycles. The lowest BCUT2D eigenvalue weighted by molar-refractivity contribution is -0.145. The maximum Gasteiger partial charge on any atom is 0.315 e. The molecular weight excluding hydrogens is 366 g/mol. The zero-order valence-electron chi connectivity index (χ0n) is 14.6. The van der Waals surface area contributed by atoms with Gasteiger partial charge in [-0.25, -0.2) is 9.97 Å². The Morgan fingerprint density at radius 3 is 2.93 bits per heavy atom. The van der Waals surface area contributed by atoms with Gasteiger partial charge in [0.2, 0.25) is 0 Å². The van der Waals surface area contributed by atoms with Gasteiger partial charge < -0.3 is 9.15 Å². The van der Waals surface area contributed by atoms with Crippen molar-refractivity contribution >= 4 is 28.3 Å². The number of esters is 1. The zero-order chi connectivity index (χ0) is 18.8. The average molecular weight is 383 g/mol. The molecule has 0 bridgehead atoms. The number of carbonyl (C=O) groups is 2. The molecule has 1 aromatic carbocycles. The number of carbonyl (C=O) groups excluding carboxylic acids is 2. The molecular formula is C19H17N3O4S. The smallest absolute Gasteiger partial charge is 0.315 e. The summed E-state index contributed by atoms with van der Waals surface area (Å²) in [6, 6.07) is 9.42. The number of rotatable bonds is 5. The highest BCUT2D eigenvalue weighted by Gasteiger charge is 2.34. The standard InChI is InChI=1S/C19H17N3O4S/c1-2-25-18(24)12-8-9-14-15(12)21-19(27-14)22-16(23)17-20-10-13(26-17)11-6-4-3-5-7-11/h3-7,10,12H,2,8-9H2,1H3,(H,21,22,23)/t12-/m0/s1. The van der Waals surface area contributed by atoms with Gasteiger partial charge in [0.15, 0.2) is 10.9 Å². The second-order valence-electron chi connectivity index (χ2n) is 6.02. The predicted octanol–water partition coefficient (Wildman–Crippen LogP) is 3.64. The fraction of sp³-hybridized carbons (Fsp3) is 0.263. The Labute approximate surface area is 159 Å². The summed E-state index contributed by atoms with van der Waals surface area (Å²) in [5.41, 5.74) is 1.54. The van der Waals surface area contributed by atoms with Crippen molar-refractivity contribution in [3.63, 3.8) is 0 Å². The van der Waals surface area contributed by atoms with Gasteiger partial charge in [-0.1, -0.05) is 30.3 Å². The van der Waals surface area contributed by atoms with E-state index in [9.17, 15) is 9.59 Å². The van der Waals surface area contributed by atoms with Crippen LogP contribution in [-0.4, -0.2) is 28.5 Å². The van der Waals surface area contributed by atoms with Gasteiger partial charge in [-0.3, -0.25) is 14.9 Å². The molecule has 0 spiro atoms. The number of hydrogen-bond acceptors (Lipinski definition) is 7. The Balaban J connectivity index is 1.48. The van der Waals surface area contributed by atoms with Crippen molar-refractivity contribution in [3.05, 3.63) is 53.0 Å². The third kappa shape index (κ3) is 3.48. The molecule has 0 radical (unpaired) electrons. The van der Waals surface area contributed by atoms with Crippen LogP contribution < -0.4 is 5.32 Å². The molecule has 8 heteroatoms. The number of aryl methyl sites for hydroxylation is 1. The number of ether oxygens (including phenoxy) is 1. The first-order chi connectivity index (χ1) is 13.2. The molecule has 2 heterocycles. The maximum absolute atomic E-state index is 12.4. The van der Waals surface area contributed by atoms with E-state index in [4.69, 9.17) is 9.15 Å². The molecule has 0 saturated heterocycles. The van der Waals surface area contributed by atoms with Crippen molar-refractivity contribution in [3.8, 4) is 11.3 Å². The highest BCUT2D eigenvalue weighted by atomic mass is 32.1. The number of amides is 1. The number of fused-ring (bicyclic) bond motifs is 1. The Hall–Kier alpha value is -3.00. The fourth-order valence-corrected chi connectivity index (χ4v) is 4.05. The van der Waals surface area contributed by atoms with Crippen LogP contribution >= 0.6 is 11.3 Å². The lowest BCUT2D eigenvalue weighted by atomic mass is 10.1. The van der Waals surface area contributed by atoms with E-state index in [1.165, 1.54) is 17.5 Å². The summed E-state index contributed by atoms with van der Waals surface area (Å²) in [6.07, 6.45) is 2.97. The van der Waals surface area contributed by atoms with Gasteiger partial charge in [0, 0.05) is 10.4 Å². The third-order valence-electron chi connectivity index (χ3n) is 4.27. The Kier molecular flexibility index (Phi) is 4.72. The Morgan fingerprint density at radius 2 is 2.15 bits per heavy atom. The summed E-state index contributed by atoms with van der Waals surface area (Å²) in [4.78, 5) is 33.9. The van der Waals surface area contributed by atoms with Gasteiger partial charge >= 0.3 is 11.9 Å². The van der Waals surface area contributed by atoms with Crippen LogP contribution in [0.25, 0.3) is 11.3 Å². The van der Waals surface area contributed by atoms with Gasteiger partial charge in [0.05, 0.1) is 18.5 Å². The van der Waals surface area contributed by atoms with E-state index in [-0.39, 0.29) is 17.8 Å². The number of benzene rings is 1. The van der Waals surface area contributed by atoms with Gasteiger partial charge in [-0.2, -0.15) is 0 Å². The lowest BCUT2D eigenvalue weighted by Gasteiger charge is -2.07. The van der Waals surface area contributed by atoms with Crippen LogP contribution in [-0.2, 0) is 16.0 Å². The topological polar surface area (TPSA) is 94.3 Å². The summed E-state index contributed by atoms with van der Waals surface area (Å²) in [6.45, 7) is 2.12. The van der Waals surface area contributed by atoms with E-state index in [0.717, 1.165) is 16.9 Å². The molecule has 4 rings (SSSR count). The summed E-state index contributed by atoms with van der Waals surface area (Å²) < 4.78 is 10.7. The molecule has 138 valence electrons. The third-order valence-corrected chi connectivity index (χ3v) is 5.31. The highest BCUT2D eigenvalue weighted by Crippen LogP contribution is 2.39. The summed E-state index contributed by atoms with van der Waals surface area (Å²) >= 11 is 1.37. The largest absolute Gasteiger partial charge is 0.465 e. The van der Waals surface area contributed by atoms with Crippen molar-refractivity contribution in [1.82, 2.24) is 9.97 Å². The van der Waals surface area contributed by atoms with Crippen molar-refractivity contribution < 1.29 is 18.7 Å². The summed E-state index contributed by atoms with van der Waals surface area (Å²) in [5, 5.41) is 3.13. The maximum atomic E-state index is 12.4. The van der Waals surface area contributed by atoms with Gasteiger partial charge in [0.25, 0.3) is 5.89 Å². The SMILES string of the molecule is CCOC(=O)[C@H]1CCc2sc(NC(=O)c3ncc(-c4ccccc4)o3)nc21. The van der Waals surface area contributed by atoms with Crippen molar-refractivity contribution in [1.29, 1.82) is 0 Å². The Bertz CT molecular complexity index is 980. The number of anilines is 1. The lowest BCUT2D eigenvalue weighted by Crippen LogP contribution is -2.15. The molecule has 2 aromatic heterocycles. The molecule has 3 aromatic rings. The first kappa shape index (κ1) is 17.4. The number of hydrogen-bond donors (Lipinski definition) is 1. The zero-order valence-corrected chi connectivity index (χ0v) is 15.4. The molecule has 27 heavy (non-hydrogen) atoms. The van der Waals surface area contributed by atoms with Gasteiger partial charge in [0.1, 0.15) is 5.92 Å². The van der Waals surface area contributed by atoms with Crippen LogP contribution in [0, 0.1) is 0 Å². The van der Waals surface area contributed by atoms with E-state index in [0.29, 0.717) is 29.6 Å². The second-order valence-corrected chi connectivity index (χ2v) is 7.10. The molecule has 1 aliphatic carbocycles. The van der Waals surface area contributed by atoms with Gasteiger partial charge in [-0.05, 0) is 19.8 Å². The summed E-state index contributed by atoms with van der Waals surface area (Å²) in [7, 11) is 0. The van der Waals surface area contributed by atoms with Crippen molar-refractivity contribution in [2.24, 2.45) is 0 Å². The monoisotopic (exact) mass is 383 g/mol. The predicted molar refractivity (Wildman–Crippen MR) is 99.7 cm³/mol. The van der Waals surface area contributed by atoms with Crippen LogP contribution in [0.4, 0.5) is 5.13 Å². The molecule has 1 atom stereocenters. The molecule has 1 amide bonds. The van der Waals surface area contributed by atoms with E-state index >= 15 is 0 Å². The van der Waals surface area contributed by atoms with Crippen LogP contribution in [0.15, 0.2) is 40.9 Å². The van der Waals surface area contributed by atoms with Crippen LogP contribution in [0.2, 0.25) is 0 Å². The van der Waals surface area contributed by atoms with Crippen LogP contribution in [0.5, 0.6) is 0 Å². The molecule has 7 nitrogen and oxygen atoms in total. The first-order valence-electron chi connectivity index (χ1n) is 8.64. The summed E-state index contributed by atoms with van der Waals surface area (Å²) in [5.74, 6) is -0.610. The molecule has 1 N–H and O–H groups in total. The second kappa shape index (κ2) is 7.32. The first-order valence-corrected chi connectivity index (χ1v) is 9.46. The van der Waals surface area contributed by atoms with Crippen LogP contribution in [0.3, 0.4) is 0 Å². The van der Waals surface area contributed by atoms with Crippen molar-refractivity contribution in [2.45, 2.75) is 25.7 Å². The normalized spacial score (nSPS) is 15.4. The van der Waals surface area contributed by atoms with E-state index < -0.39 is 5.91 Å². The minimum absolute atomic E-state index is 0.0360. The Morgan fingerprint density at radius 1 is 1.33 bits per heavy atom. The van der Waals surface area contributed by atoms with Crippen molar-refractivity contribution in [2.75, 3.05) is 11.9 Å². The molecule has 0 unspecified atom stereocenters. The minimum atomic E-state index is -0.475. The minimum Gasteiger partial charge on any atom is -0.465 e. The number of aromatic nitrogens is 2.